The van der Waals surface area contributed by atoms with Gasteiger partial charge in [0.15, 0.2) is 0 Å². The number of nitro groups is 1. The maximum atomic E-state index is 11.0. The van der Waals surface area contributed by atoms with E-state index in [-0.39, 0.29) is 10.6 Å². The molecule has 4 heteroatoms. The number of fused-ring (bicyclic) bond motifs is 1. The quantitative estimate of drug-likeness (QED) is 0.506. The van der Waals surface area contributed by atoms with Crippen LogP contribution in [0.5, 0.6) is 0 Å². The Morgan fingerprint density at radius 2 is 1.78 bits per heavy atom. The first-order chi connectivity index (χ1) is 8.75. The number of rotatable bonds is 2. The van der Waals surface area contributed by atoms with Crippen molar-refractivity contribution in [3.8, 4) is 11.1 Å². The van der Waals surface area contributed by atoms with Crippen LogP contribution in [0, 0.1) is 10.1 Å². The van der Waals surface area contributed by atoms with Crippen molar-refractivity contribution >= 4 is 11.2 Å². The Bertz CT molecular complexity index is 717. The molecule has 0 bridgehead atoms. The van der Waals surface area contributed by atoms with Gasteiger partial charge in [-0.1, -0.05) is 30.3 Å². The minimum atomic E-state index is -0.357. The molecule has 0 saturated heterocycles. The van der Waals surface area contributed by atoms with Gasteiger partial charge in [0, 0.05) is 24.0 Å². The maximum Gasteiger partial charge on any atom is 0.293 e. The molecule has 0 amide bonds. The number of benzene rings is 1. The average molecular weight is 238 g/mol. The standard InChI is InChI=1S/C14H10N2O2/c17-16(18)13-7-4-8-15-10-12(9-14(13)15)11-5-2-1-3-6-11/h1-10H. The third-order valence-corrected chi connectivity index (χ3v) is 2.92. The molecule has 0 aliphatic carbocycles. The largest absolute Gasteiger partial charge is 0.317 e. The molecule has 0 unspecified atom stereocenters. The fourth-order valence-electron chi connectivity index (χ4n) is 2.06. The van der Waals surface area contributed by atoms with Crippen molar-refractivity contribution in [3.63, 3.8) is 0 Å². The molecule has 1 aromatic carbocycles. The van der Waals surface area contributed by atoms with Crippen molar-refractivity contribution in [2.45, 2.75) is 0 Å². The van der Waals surface area contributed by atoms with Crippen molar-refractivity contribution in [1.82, 2.24) is 4.40 Å². The second-order valence-corrected chi connectivity index (χ2v) is 4.04. The van der Waals surface area contributed by atoms with Gasteiger partial charge in [0.2, 0.25) is 0 Å². The number of aromatic nitrogens is 1. The monoisotopic (exact) mass is 238 g/mol. The van der Waals surface area contributed by atoms with Crippen LogP contribution in [0.4, 0.5) is 5.69 Å². The van der Waals surface area contributed by atoms with E-state index in [0.29, 0.717) is 5.52 Å². The van der Waals surface area contributed by atoms with Gasteiger partial charge in [0.1, 0.15) is 5.52 Å². The fraction of sp³-hybridized carbons (Fsp3) is 0. The Hall–Kier alpha value is -2.62. The molecular weight excluding hydrogens is 228 g/mol. The number of pyridine rings is 1. The van der Waals surface area contributed by atoms with Crippen molar-refractivity contribution in [1.29, 1.82) is 0 Å². The van der Waals surface area contributed by atoms with Crippen molar-refractivity contribution in [2.24, 2.45) is 0 Å². The van der Waals surface area contributed by atoms with Crippen LogP contribution in [0.2, 0.25) is 0 Å². The van der Waals surface area contributed by atoms with E-state index in [1.54, 1.807) is 10.5 Å². The van der Waals surface area contributed by atoms with E-state index in [1.807, 2.05) is 48.8 Å². The second-order valence-electron chi connectivity index (χ2n) is 4.04. The summed E-state index contributed by atoms with van der Waals surface area (Å²) in [5, 5.41) is 11.0. The third-order valence-electron chi connectivity index (χ3n) is 2.92. The van der Waals surface area contributed by atoms with Crippen LogP contribution in [0.1, 0.15) is 0 Å². The first kappa shape index (κ1) is 10.5. The number of nitrogens with zero attached hydrogens (tertiary/aromatic N) is 2. The summed E-state index contributed by atoms with van der Waals surface area (Å²) in [5.41, 5.74) is 2.77. The fourth-order valence-corrected chi connectivity index (χ4v) is 2.06. The third kappa shape index (κ3) is 1.64. The second kappa shape index (κ2) is 4.00. The van der Waals surface area contributed by atoms with E-state index in [0.717, 1.165) is 11.1 Å². The summed E-state index contributed by atoms with van der Waals surface area (Å²) in [7, 11) is 0. The van der Waals surface area contributed by atoms with Crippen LogP contribution in [-0.2, 0) is 0 Å². The predicted molar refractivity (Wildman–Crippen MR) is 69.5 cm³/mol. The maximum absolute atomic E-state index is 11.0. The molecule has 3 aromatic rings. The smallest absolute Gasteiger partial charge is 0.293 e. The molecule has 3 rings (SSSR count). The van der Waals surface area contributed by atoms with Crippen LogP contribution in [-0.4, -0.2) is 9.32 Å². The molecule has 0 aliphatic heterocycles. The van der Waals surface area contributed by atoms with Crippen LogP contribution in [0.25, 0.3) is 16.6 Å². The minimum absolute atomic E-state index is 0.125. The normalized spacial score (nSPS) is 10.7. The molecule has 0 fully saturated rings. The first-order valence-corrected chi connectivity index (χ1v) is 5.56. The highest BCUT2D eigenvalue weighted by Crippen LogP contribution is 2.27. The van der Waals surface area contributed by atoms with Crippen LogP contribution < -0.4 is 0 Å². The Kier molecular flexibility index (Phi) is 2.34. The predicted octanol–water partition coefficient (Wildman–Crippen LogP) is 3.51. The van der Waals surface area contributed by atoms with Gasteiger partial charge < -0.3 is 4.40 Å². The molecule has 2 heterocycles. The van der Waals surface area contributed by atoms with Gasteiger partial charge in [-0.3, -0.25) is 10.1 Å². The van der Waals surface area contributed by atoms with E-state index in [4.69, 9.17) is 0 Å². The highest BCUT2D eigenvalue weighted by Gasteiger charge is 2.13. The summed E-state index contributed by atoms with van der Waals surface area (Å²) in [6.07, 6.45) is 3.71. The zero-order valence-corrected chi connectivity index (χ0v) is 9.48. The lowest BCUT2D eigenvalue weighted by Gasteiger charge is -1.94. The Balaban J connectivity index is 2.23. The van der Waals surface area contributed by atoms with E-state index in [1.165, 1.54) is 6.07 Å². The molecule has 0 spiro atoms. The van der Waals surface area contributed by atoms with Gasteiger partial charge in [-0.05, 0) is 17.7 Å². The molecule has 18 heavy (non-hydrogen) atoms. The Morgan fingerprint density at radius 1 is 1.00 bits per heavy atom. The van der Waals surface area contributed by atoms with Gasteiger partial charge in [-0.25, -0.2) is 0 Å². The average Bonchev–Trinajstić information content (AvgIpc) is 2.83. The van der Waals surface area contributed by atoms with Crippen LogP contribution in [0.15, 0.2) is 60.9 Å². The molecule has 0 N–H and O–H groups in total. The molecule has 2 aromatic heterocycles. The van der Waals surface area contributed by atoms with Crippen molar-refractivity contribution in [3.05, 3.63) is 71.0 Å². The zero-order chi connectivity index (χ0) is 12.5. The SMILES string of the molecule is O=[N+]([O-])c1cccn2cc(-c3ccccc3)cc12. The first-order valence-electron chi connectivity index (χ1n) is 5.56. The minimum Gasteiger partial charge on any atom is -0.317 e. The zero-order valence-electron chi connectivity index (χ0n) is 9.48. The van der Waals surface area contributed by atoms with Crippen LogP contribution >= 0.6 is 0 Å². The summed E-state index contributed by atoms with van der Waals surface area (Å²) in [6, 6.07) is 14.9. The molecule has 88 valence electrons. The summed E-state index contributed by atoms with van der Waals surface area (Å²) in [5.74, 6) is 0. The van der Waals surface area contributed by atoms with Gasteiger partial charge in [0.05, 0.1) is 4.92 Å². The lowest BCUT2D eigenvalue weighted by Crippen LogP contribution is -1.91. The van der Waals surface area contributed by atoms with E-state index < -0.39 is 0 Å². The summed E-state index contributed by atoms with van der Waals surface area (Å²) in [6.45, 7) is 0. The van der Waals surface area contributed by atoms with Crippen LogP contribution in [0.3, 0.4) is 0 Å². The van der Waals surface area contributed by atoms with Gasteiger partial charge in [-0.15, -0.1) is 0 Å². The highest BCUT2D eigenvalue weighted by atomic mass is 16.6. The van der Waals surface area contributed by atoms with E-state index >= 15 is 0 Å². The van der Waals surface area contributed by atoms with Crippen molar-refractivity contribution in [2.75, 3.05) is 0 Å². The molecule has 4 nitrogen and oxygen atoms in total. The summed E-state index contributed by atoms with van der Waals surface area (Å²) >= 11 is 0. The summed E-state index contributed by atoms with van der Waals surface area (Å²) in [4.78, 5) is 10.6. The van der Waals surface area contributed by atoms with Gasteiger partial charge in [-0.2, -0.15) is 0 Å². The molecule has 0 saturated carbocycles. The number of hydrogen-bond donors (Lipinski definition) is 0. The molecule has 0 atom stereocenters. The molecule has 0 aliphatic rings. The Labute approximate surface area is 103 Å². The topological polar surface area (TPSA) is 47.5 Å². The van der Waals surface area contributed by atoms with E-state index in [2.05, 4.69) is 0 Å². The summed E-state index contributed by atoms with van der Waals surface area (Å²) < 4.78 is 1.78. The molecule has 0 radical (unpaired) electrons. The van der Waals surface area contributed by atoms with E-state index in [9.17, 15) is 10.1 Å². The number of hydrogen-bond acceptors (Lipinski definition) is 2. The molecular formula is C14H10N2O2. The lowest BCUT2D eigenvalue weighted by molar-refractivity contribution is -0.383. The van der Waals surface area contributed by atoms with Gasteiger partial charge in [0.25, 0.3) is 5.69 Å². The highest BCUT2D eigenvalue weighted by molar-refractivity contribution is 5.76. The Morgan fingerprint density at radius 3 is 2.50 bits per heavy atom. The van der Waals surface area contributed by atoms with Gasteiger partial charge >= 0.3 is 0 Å². The van der Waals surface area contributed by atoms with Crippen molar-refractivity contribution < 1.29 is 4.92 Å². The lowest BCUT2D eigenvalue weighted by atomic mass is 10.1.